The molecule has 0 aliphatic heterocycles. The Kier molecular flexibility index (Phi) is 6.05. The Morgan fingerprint density at radius 3 is 2.76 bits per heavy atom. The van der Waals surface area contributed by atoms with Gasteiger partial charge >= 0.3 is 0 Å². The van der Waals surface area contributed by atoms with Crippen LogP contribution in [0, 0.1) is 11.6 Å². The van der Waals surface area contributed by atoms with E-state index >= 15 is 4.39 Å². The molecule has 0 radical (unpaired) electrons. The highest BCUT2D eigenvalue weighted by Crippen LogP contribution is 2.34. The van der Waals surface area contributed by atoms with Gasteiger partial charge in [0.25, 0.3) is 0 Å². The number of rotatable bonds is 6. The molecule has 6 aromatic rings. The molecule has 0 atom stereocenters. The molecular formula is C29H20F2N4O2S. The Balaban J connectivity index is 1.40. The maximum atomic E-state index is 15.2. The van der Waals surface area contributed by atoms with Crippen molar-refractivity contribution < 1.29 is 13.5 Å². The molecule has 0 saturated carbocycles. The number of anilines is 2. The Morgan fingerprint density at radius 1 is 1.05 bits per heavy atom. The zero-order chi connectivity index (χ0) is 26.2. The van der Waals surface area contributed by atoms with Crippen molar-refractivity contribution in [1.82, 2.24) is 15.0 Å². The lowest BCUT2D eigenvalue weighted by Gasteiger charge is -2.16. The fraction of sp³-hybridized carbons (Fsp3) is 0.0690. The molecule has 0 unspecified atom stereocenters. The van der Waals surface area contributed by atoms with E-state index in [9.17, 15) is 9.18 Å². The average molecular weight is 527 g/mol. The predicted molar refractivity (Wildman–Crippen MR) is 147 cm³/mol. The fourth-order valence-electron chi connectivity index (χ4n) is 4.41. The third-order valence-electron chi connectivity index (χ3n) is 6.27. The summed E-state index contributed by atoms with van der Waals surface area (Å²) in [7, 11) is 0. The van der Waals surface area contributed by atoms with Crippen LogP contribution in [0.4, 0.5) is 20.2 Å². The van der Waals surface area contributed by atoms with E-state index in [-0.39, 0.29) is 17.1 Å². The monoisotopic (exact) mass is 526 g/mol. The van der Waals surface area contributed by atoms with Crippen molar-refractivity contribution in [3.8, 4) is 22.8 Å². The molecule has 6 nitrogen and oxygen atoms in total. The first-order valence-electron chi connectivity index (χ1n) is 11.9. The second-order valence-corrected chi connectivity index (χ2v) is 9.52. The van der Waals surface area contributed by atoms with Crippen LogP contribution in [-0.4, -0.2) is 15.0 Å². The zero-order valence-corrected chi connectivity index (χ0v) is 20.9. The summed E-state index contributed by atoms with van der Waals surface area (Å²) >= 11 is 1.41. The van der Waals surface area contributed by atoms with E-state index in [1.54, 1.807) is 24.4 Å². The van der Waals surface area contributed by atoms with E-state index < -0.39 is 11.6 Å². The molecule has 3 heterocycles. The summed E-state index contributed by atoms with van der Waals surface area (Å²) < 4.78 is 35.5. The van der Waals surface area contributed by atoms with Gasteiger partial charge in [0.2, 0.25) is 5.88 Å². The number of nitrogens with one attached hydrogen (secondary N) is 2. The van der Waals surface area contributed by atoms with Gasteiger partial charge in [-0.15, -0.1) is 11.3 Å². The van der Waals surface area contributed by atoms with Gasteiger partial charge < -0.3 is 15.0 Å². The minimum absolute atomic E-state index is 0.0174. The number of aryl methyl sites for hydroxylation is 1. The van der Waals surface area contributed by atoms with E-state index in [0.29, 0.717) is 39.8 Å². The Bertz CT molecular complexity index is 1880. The van der Waals surface area contributed by atoms with E-state index in [2.05, 4.69) is 20.3 Å². The first kappa shape index (κ1) is 23.7. The normalized spacial score (nSPS) is 11.2. The summed E-state index contributed by atoms with van der Waals surface area (Å²) in [4.78, 5) is 25.1. The van der Waals surface area contributed by atoms with Crippen molar-refractivity contribution in [1.29, 1.82) is 0 Å². The Labute approximate surface area is 219 Å². The van der Waals surface area contributed by atoms with Crippen LogP contribution >= 0.6 is 11.3 Å². The number of H-pyrrole nitrogens is 1. The summed E-state index contributed by atoms with van der Waals surface area (Å²) in [5.41, 5.74) is 3.77. The van der Waals surface area contributed by atoms with Crippen molar-refractivity contribution in [2.24, 2.45) is 0 Å². The highest BCUT2D eigenvalue weighted by atomic mass is 32.1. The molecule has 3 aromatic carbocycles. The van der Waals surface area contributed by atoms with Crippen LogP contribution in [0.25, 0.3) is 32.2 Å². The van der Waals surface area contributed by atoms with E-state index in [4.69, 9.17) is 4.74 Å². The first-order chi connectivity index (χ1) is 18.5. The topological polar surface area (TPSA) is 79.9 Å². The minimum Gasteiger partial charge on any atom is -0.434 e. The fourth-order valence-corrected chi connectivity index (χ4v) is 5.18. The van der Waals surface area contributed by atoms with Crippen LogP contribution < -0.4 is 15.5 Å². The molecule has 0 amide bonds. The van der Waals surface area contributed by atoms with Crippen LogP contribution in [0.15, 0.2) is 83.4 Å². The number of aromatic amines is 1. The summed E-state index contributed by atoms with van der Waals surface area (Å²) in [5, 5.41) is 5.52. The number of ether oxygens (including phenoxy) is 1. The number of nitrogens with zero attached hydrogens (tertiary/aromatic N) is 2. The van der Waals surface area contributed by atoms with Crippen molar-refractivity contribution in [2.75, 3.05) is 5.32 Å². The number of halogens is 2. The maximum absolute atomic E-state index is 15.2. The van der Waals surface area contributed by atoms with Crippen LogP contribution in [-0.2, 0) is 6.42 Å². The lowest BCUT2D eigenvalue weighted by atomic mass is 10.00. The molecule has 0 bridgehead atoms. The summed E-state index contributed by atoms with van der Waals surface area (Å²) in [6.07, 6.45) is 3.59. The largest absolute Gasteiger partial charge is 0.434 e. The number of pyridine rings is 1. The smallest absolute Gasteiger partial charge is 0.240 e. The molecule has 38 heavy (non-hydrogen) atoms. The zero-order valence-electron chi connectivity index (χ0n) is 20.1. The lowest BCUT2D eigenvalue weighted by molar-refractivity contribution is 0.432. The Morgan fingerprint density at radius 2 is 1.95 bits per heavy atom. The van der Waals surface area contributed by atoms with Gasteiger partial charge in [-0.25, -0.2) is 18.7 Å². The van der Waals surface area contributed by atoms with Gasteiger partial charge in [0.1, 0.15) is 16.8 Å². The molecule has 0 fully saturated rings. The average Bonchev–Trinajstić information content (AvgIpc) is 3.40. The van der Waals surface area contributed by atoms with Gasteiger partial charge in [-0.05, 0) is 59.3 Å². The maximum Gasteiger partial charge on any atom is 0.240 e. The summed E-state index contributed by atoms with van der Waals surface area (Å²) in [5.74, 6) is -0.722. The molecule has 0 saturated heterocycles. The second kappa shape index (κ2) is 9.68. The van der Waals surface area contributed by atoms with Gasteiger partial charge in [0.05, 0.1) is 22.1 Å². The number of benzene rings is 3. The van der Waals surface area contributed by atoms with Gasteiger partial charge in [-0.2, -0.15) is 0 Å². The summed E-state index contributed by atoms with van der Waals surface area (Å²) in [6, 6.07) is 16.0. The van der Waals surface area contributed by atoms with Gasteiger partial charge in [-0.3, -0.25) is 4.79 Å². The van der Waals surface area contributed by atoms with Crippen molar-refractivity contribution in [3.05, 3.63) is 106 Å². The van der Waals surface area contributed by atoms with Crippen molar-refractivity contribution >= 4 is 43.8 Å². The van der Waals surface area contributed by atoms with Gasteiger partial charge in [-0.1, -0.05) is 25.1 Å². The molecule has 3 aromatic heterocycles. The number of fused-ring (bicyclic) bond motifs is 2. The number of hydrogen-bond acceptors (Lipinski definition) is 6. The molecule has 188 valence electrons. The molecular weight excluding hydrogens is 506 g/mol. The molecule has 9 heteroatoms. The van der Waals surface area contributed by atoms with Crippen molar-refractivity contribution in [3.63, 3.8) is 0 Å². The van der Waals surface area contributed by atoms with E-state index in [1.807, 2.05) is 30.5 Å². The lowest BCUT2D eigenvalue weighted by Crippen LogP contribution is -2.10. The molecule has 6 rings (SSSR count). The molecule has 2 N–H and O–H groups in total. The number of aromatic nitrogens is 3. The third kappa shape index (κ3) is 4.26. The van der Waals surface area contributed by atoms with Crippen LogP contribution in [0.1, 0.15) is 12.5 Å². The predicted octanol–water partition coefficient (Wildman–Crippen LogP) is 7.58. The standard InChI is InChI=1S/C29H20F2N4O2S/c1-2-16-6-8-22-25(27(36)20(14-32-22)17-4-3-5-18(30)12-17)26(16)35-19-7-9-24(21(31)13-19)37-29-28-23(10-11-38-28)33-15-34-29/h3-15,35H,2H2,1H3,(H,32,36). The number of hydrogen-bond donors (Lipinski definition) is 2. The van der Waals surface area contributed by atoms with E-state index in [0.717, 1.165) is 15.8 Å². The molecule has 0 aliphatic carbocycles. The first-order valence-corrected chi connectivity index (χ1v) is 12.8. The third-order valence-corrected chi connectivity index (χ3v) is 7.16. The van der Waals surface area contributed by atoms with Crippen LogP contribution in [0.2, 0.25) is 0 Å². The quantitative estimate of drug-likeness (QED) is 0.234. The Hall–Kier alpha value is -4.63. The highest BCUT2D eigenvalue weighted by molar-refractivity contribution is 7.17. The highest BCUT2D eigenvalue weighted by Gasteiger charge is 2.16. The number of thiophene rings is 1. The van der Waals surface area contributed by atoms with Crippen molar-refractivity contribution in [2.45, 2.75) is 13.3 Å². The molecule has 0 aliphatic rings. The van der Waals surface area contributed by atoms with Crippen LogP contribution in [0.3, 0.4) is 0 Å². The minimum atomic E-state index is -0.592. The second-order valence-electron chi connectivity index (χ2n) is 8.60. The molecule has 0 spiro atoms. The van der Waals surface area contributed by atoms with Gasteiger partial charge in [0, 0.05) is 23.5 Å². The van der Waals surface area contributed by atoms with Crippen LogP contribution in [0.5, 0.6) is 11.6 Å². The SMILES string of the molecule is CCc1ccc2[nH]cc(-c3cccc(F)c3)c(=O)c2c1Nc1ccc(Oc2ncnc3ccsc23)c(F)c1. The van der Waals surface area contributed by atoms with Gasteiger partial charge in [0.15, 0.2) is 17.0 Å². The summed E-state index contributed by atoms with van der Waals surface area (Å²) in [6.45, 7) is 1.97. The van der Waals surface area contributed by atoms with E-state index in [1.165, 1.54) is 41.9 Å².